The monoisotopic (exact) mass is 729 g/mol. The van der Waals surface area contributed by atoms with Crippen LogP contribution in [0.2, 0.25) is 0 Å². The Labute approximate surface area is 319 Å². The lowest BCUT2D eigenvalue weighted by Crippen LogP contribution is -2.46. The maximum absolute atomic E-state index is 13.1. The summed E-state index contributed by atoms with van der Waals surface area (Å²) < 4.78 is 0. The van der Waals surface area contributed by atoms with Crippen molar-refractivity contribution in [2.75, 3.05) is 0 Å². The molecule has 53 heavy (non-hydrogen) atoms. The highest BCUT2D eigenvalue weighted by Crippen LogP contribution is 2.41. The van der Waals surface area contributed by atoms with E-state index in [2.05, 4.69) is 34.4 Å². The molecule has 5 aliphatic carbocycles. The molecule has 0 spiro atoms. The lowest BCUT2D eigenvalue weighted by Gasteiger charge is -2.32. The van der Waals surface area contributed by atoms with Gasteiger partial charge in [-0.05, 0) is 104 Å². The van der Waals surface area contributed by atoms with Crippen molar-refractivity contribution in [2.24, 2.45) is 0 Å². The van der Waals surface area contributed by atoms with E-state index in [4.69, 9.17) is 9.97 Å². The second-order valence-electron chi connectivity index (χ2n) is 18.4. The Hall–Kier alpha value is -2.94. The van der Waals surface area contributed by atoms with Gasteiger partial charge in [-0.2, -0.15) is 0 Å². The number of carbonyl (C=O) groups is 2. The predicted molar refractivity (Wildman–Crippen MR) is 210 cm³/mol. The summed E-state index contributed by atoms with van der Waals surface area (Å²) in [6.45, 7) is 7.81. The minimum Gasteiger partial charge on any atom is -0.384 e. The molecule has 0 radical (unpaired) electrons. The van der Waals surface area contributed by atoms with E-state index in [0.29, 0.717) is 34.8 Å². The molecule has 0 bridgehead atoms. The standard InChI is InChI=1S/C22H35N3O2.C22H33N3O/c1-21(2,27)18-15-17(23-19(24-18)16-11-7-8-12-16)20(26)25-22(3)13-9-5-4-6-10-14-22;1-22(13-7-3-2-4-8-14-22)25-21(26)19-15-18(16-11-12-16)23-20(24-19)17-9-5-6-10-17/h15-16,27H,4-14H2,1-3H3,(H,25,26);15-17H,2-14H2,1H3,(H,25,26). The second-order valence-corrected chi connectivity index (χ2v) is 18.4. The molecule has 2 aromatic rings. The molecular weight excluding hydrogens is 661 g/mol. The molecule has 0 atom stereocenters. The van der Waals surface area contributed by atoms with Gasteiger partial charge in [0.1, 0.15) is 28.6 Å². The number of hydrogen-bond acceptors (Lipinski definition) is 7. The highest BCUT2D eigenvalue weighted by Gasteiger charge is 2.33. The minimum absolute atomic E-state index is 0.0108. The summed E-state index contributed by atoms with van der Waals surface area (Å²) in [6, 6.07) is 3.64. The molecule has 0 aromatic carbocycles. The zero-order valence-corrected chi connectivity index (χ0v) is 33.4. The highest BCUT2D eigenvalue weighted by molar-refractivity contribution is 5.93. The largest absolute Gasteiger partial charge is 0.384 e. The summed E-state index contributed by atoms with van der Waals surface area (Å²) in [5.41, 5.74) is 1.29. The number of amides is 2. The Bertz CT molecular complexity index is 1520. The number of hydrogen-bond donors (Lipinski definition) is 3. The molecular formula is C44H68N6O3. The van der Waals surface area contributed by atoms with Crippen molar-refractivity contribution in [1.29, 1.82) is 0 Å². The van der Waals surface area contributed by atoms with E-state index < -0.39 is 5.60 Å². The van der Waals surface area contributed by atoms with Crippen LogP contribution in [-0.4, -0.2) is 47.9 Å². The van der Waals surface area contributed by atoms with Crippen molar-refractivity contribution in [3.8, 4) is 0 Å². The van der Waals surface area contributed by atoms with E-state index in [0.717, 1.165) is 68.7 Å². The third-order valence-electron chi connectivity index (χ3n) is 12.8. The van der Waals surface area contributed by atoms with Crippen LogP contribution in [0.5, 0.6) is 0 Å². The van der Waals surface area contributed by atoms with Gasteiger partial charge >= 0.3 is 0 Å². The van der Waals surface area contributed by atoms with Crippen LogP contribution >= 0.6 is 0 Å². The van der Waals surface area contributed by atoms with Crippen LogP contribution in [0.15, 0.2) is 12.1 Å². The van der Waals surface area contributed by atoms with Crippen LogP contribution < -0.4 is 10.6 Å². The third-order valence-corrected chi connectivity index (χ3v) is 12.8. The summed E-state index contributed by atoms with van der Waals surface area (Å²) in [5.74, 6) is 2.84. The first-order chi connectivity index (χ1) is 25.4. The maximum Gasteiger partial charge on any atom is 0.270 e. The van der Waals surface area contributed by atoms with E-state index in [1.54, 1.807) is 19.9 Å². The average molecular weight is 729 g/mol. The lowest BCUT2D eigenvalue weighted by molar-refractivity contribution is 0.0729. The van der Waals surface area contributed by atoms with Crippen molar-refractivity contribution < 1.29 is 14.7 Å². The van der Waals surface area contributed by atoms with Gasteiger partial charge in [-0.3, -0.25) is 9.59 Å². The zero-order valence-electron chi connectivity index (χ0n) is 33.4. The molecule has 0 saturated heterocycles. The van der Waals surface area contributed by atoms with Gasteiger partial charge in [0.15, 0.2) is 0 Å². The fraction of sp³-hybridized carbons (Fsp3) is 0.773. The molecule has 7 rings (SSSR count). The van der Waals surface area contributed by atoms with E-state index in [-0.39, 0.29) is 22.9 Å². The summed E-state index contributed by atoms with van der Waals surface area (Å²) in [6.07, 6.45) is 28.4. The van der Waals surface area contributed by atoms with Crippen molar-refractivity contribution in [2.45, 2.75) is 216 Å². The summed E-state index contributed by atoms with van der Waals surface area (Å²) >= 11 is 0. The molecule has 2 amide bonds. The van der Waals surface area contributed by atoms with Crippen molar-refractivity contribution in [3.63, 3.8) is 0 Å². The number of aromatic nitrogens is 4. The van der Waals surface area contributed by atoms with Crippen molar-refractivity contribution in [3.05, 3.63) is 46.6 Å². The first-order valence-corrected chi connectivity index (χ1v) is 21.6. The smallest absolute Gasteiger partial charge is 0.270 e. The van der Waals surface area contributed by atoms with E-state index >= 15 is 0 Å². The van der Waals surface area contributed by atoms with E-state index in [1.807, 2.05) is 6.07 Å². The molecule has 9 nitrogen and oxygen atoms in total. The molecule has 2 heterocycles. The van der Waals surface area contributed by atoms with Gasteiger partial charge in [0.2, 0.25) is 0 Å². The van der Waals surface area contributed by atoms with Crippen LogP contribution in [0, 0.1) is 0 Å². The van der Waals surface area contributed by atoms with Gasteiger partial charge in [0, 0.05) is 34.5 Å². The first kappa shape index (κ1) is 39.7. The number of nitrogens with one attached hydrogen (secondary N) is 2. The SMILES string of the molecule is CC1(NC(=O)c2cc(C(C)(C)O)nc(C3CCCC3)n2)CCCCCCC1.CC1(NC(=O)c2cc(C3CC3)nc(C3CCCC3)n2)CCCCCCC1. The molecule has 292 valence electrons. The molecule has 2 aromatic heterocycles. The summed E-state index contributed by atoms with van der Waals surface area (Å²) in [5, 5.41) is 17.1. The van der Waals surface area contributed by atoms with Crippen LogP contribution in [0.4, 0.5) is 0 Å². The topological polar surface area (TPSA) is 130 Å². The number of rotatable bonds is 8. The Balaban J connectivity index is 0.000000181. The summed E-state index contributed by atoms with van der Waals surface area (Å²) in [4.78, 5) is 45.0. The fourth-order valence-corrected chi connectivity index (χ4v) is 9.12. The second kappa shape index (κ2) is 17.7. The molecule has 5 aliphatic rings. The lowest BCUT2D eigenvalue weighted by atomic mass is 9.85. The molecule has 3 N–H and O–H groups in total. The molecule has 9 heteroatoms. The normalized spacial score (nSPS) is 22.7. The van der Waals surface area contributed by atoms with E-state index in [1.165, 1.54) is 103 Å². The fourth-order valence-electron chi connectivity index (χ4n) is 9.12. The number of carbonyl (C=O) groups excluding carboxylic acids is 2. The van der Waals surface area contributed by atoms with Crippen molar-refractivity contribution in [1.82, 2.24) is 30.6 Å². The molecule has 0 aliphatic heterocycles. The summed E-state index contributed by atoms with van der Waals surface area (Å²) in [7, 11) is 0. The first-order valence-electron chi connectivity index (χ1n) is 21.6. The zero-order chi connectivity index (χ0) is 37.5. The van der Waals surface area contributed by atoms with Gasteiger partial charge < -0.3 is 15.7 Å². The molecule has 0 unspecified atom stereocenters. The Morgan fingerprint density at radius 1 is 0.566 bits per heavy atom. The average Bonchev–Trinajstić information content (AvgIpc) is 3.54. The van der Waals surface area contributed by atoms with Gasteiger partial charge in [-0.1, -0.05) is 89.9 Å². The van der Waals surface area contributed by atoms with Gasteiger partial charge in [0.25, 0.3) is 11.8 Å². The molecule has 5 saturated carbocycles. The number of nitrogens with zero attached hydrogens (tertiary/aromatic N) is 4. The number of aliphatic hydroxyl groups is 1. The van der Waals surface area contributed by atoms with Gasteiger partial charge in [0.05, 0.1) is 5.69 Å². The van der Waals surface area contributed by atoms with E-state index in [9.17, 15) is 14.7 Å². The maximum atomic E-state index is 13.1. The highest BCUT2D eigenvalue weighted by atomic mass is 16.3. The molecule has 5 fully saturated rings. The third kappa shape index (κ3) is 11.3. The Morgan fingerprint density at radius 3 is 1.38 bits per heavy atom. The van der Waals surface area contributed by atoms with Crippen LogP contribution in [0.1, 0.15) is 244 Å². The van der Waals surface area contributed by atoms with Crippen LogP contribution in [0.25, 0.3) is 0 Å². The Kier molecular flexibility index (Phi) is 13.3. The van der Waals surface area contributed by atoms with Crippen LogP contribution in [0.3, 0.4) is 0 Å². The quantitative estimate of drug-likeness (QED) is 0.247. The van der Waals surface area contributed by atoms with Gasteiger partial charge in [-0.15, -0.1) is 0 Å². The van der Waals surface area contributed by atoms with Gasteiger partial charge in [-0.25, -0.2) is 19.9 Å². The van der Waals surface area contributed by atoms with Crippen LogP contribution in [-0.2, 0) is 5.60 Å². The predicted octanol–water partition coefficient (Wildman–Crippen LogP) is 9.84. The Morgan fingerprint density at radius 2 is 0.962 bits per heavy atom. The minimum atomic E-state index is -1.09. The van der Waals surface area contributed by atoms with Crippen molar-refractivity contribution >= 4 is 11.8 Å².